The number of Topliss-reactive ketones (excluding diaryl/α,β-unsaturated/α-hetero) is 1. The van der Waals surface area contributed by atoms with Gasteiger partial charge in [-0.2, -0.15) is 0 Å². The third kappa shape index (κ3) is 4.43. The molecule has 0 bridgehead atoms. The summed E-state index contributed by atoms with van der Waals surface area (Å²) in [4.78, 5) is 12.1. The zero-order valence-electron chi connectivity index (χ0n) is 12.3. The van der Waals surface area contributed by atoms with Gasteiger partial charge in [-0.1, -0.05) is 36.4 Å². The van der Waals surface area contributed by atoms with Crippen LogP contribution < -0.4 is 10.5 Å². The quantitative estimate of drug-likeness (QED) is 0.850. The Balaban J connectivity index is 1.89. The van der Waals surface area contributed by atoms with Crippen molar-refractivity contribution in [3.63, 3.8) is 0 Å². The second kappa shape index (κ2) is 7.60. The molecule has 0 saturated carbocycles. The number of hydrogen-bond donors (Lipinski definition) is 1. The van der Waals surface area contributed by atoms with Crippen LogP contribution in [0.5, 0.6) is 5.75 Å². The molecule has 0 aliphatic heterocycles. The summed E-state index contributed by atoms with van der Waals surface area (Å²) in [6.07, 6.45) is 1.77. The van der Waals surface area contributed by atoms with Gasteiger partial charge in [0.2, 0.25) is 0 Å². The van der Waals surface area contributed by atoms with Crippen molar-refractivity contribution >= 4 is 5.78 Å². The van der Waals surface area contributed by atoms with E-state index in [0.717, 1.165) is 28.9 Å². The molecule has 0 aliphatic rings. The Morgan fingerprint density at radius 3 is 2.33 bits per heavy atom. The molecule has 0 fully saturated rings. The molecule has 0 heterocycles. The maximum absolute atomic E-state index is 12.1. The van der Waals surface area contributed by atoms with E-state index in [2.05, 4.69) is 0 Å². The zero-order valence-corrected chi connectivity index (χ0v) is 12.3. The van der Waals surface area contributed by atoms with Crippen molar-refractivity contribution in [1.82, 2.24) is 0 Å². The number of methoxy groups -OCH3 is 1. The summed E-state index contributed by atoms with van der Waals surface area (Å²) in [7, 11) is 1.65. The van der Waals surface area contributed by atoms with Crippen LogP contribution >= 0.6 is 0 Å². The average molecular weight is 283 g/mol. The number of carbonyl (C=O) groups excluding carboxylic acids is 1. The first-order valence-electron chi connectivity index (χ1n) is 7.14. The summed E-state index contributed by atoms with van der Waals surface area (Å²) in [6, 6.07) is 15.7. The van der Waals surface area contributed by atoms with Crippen LogP contribution in [0.1, 0.15) is 23.1 Å². The highest BCUT2D eigenvalue weighted by Gasteiger charge is 2.07. The highest BCUT2D eigenvalue weighted by molar-refractivity contribution is 5.81. The Morgan fingerprint density at radius 1 is 1.05 bits per heavy atom. The van der Waals surface area contributed by atoms with E-state index >= 15 is 0 Å². The van der Waals surface area contributed by atoms with Gasteiger partial charge in [0, 0.05) is 19.4 Å². The normalized spacial score (nSPS) is 10.4. The molecule has 3 nitrogen and oxygen atoms in total. The fourth-order valence-corrected chi connectivity index (χ4v) is 2.31. The molecule has 0 amide bonds. The second-order valence-electron chi connectivity index (χ2n) is 5.04. The monoisotopic (exact) mass is 283 g/mol. The van der Waals surface area contributed by atoms with Crippen LogP contribution in [0, 0.1) is 0 Å². The predicted molar refractivity (Wildman–Crippen MR) is 84.4 cm³/mol. The first kappa shape index (κ1) is 15.3. The zero-order chi connectivity index (χ0) is 15.1. The molecule has 0 unspecified atom stereocenters. The molecule has 2 rings (SSSR count). The van der Waals surface area contributed by atoms with Crippen molar-refractivity contribution in [2.24, 2.45) is 5.73 Å². The molecule has 110 valence electrons. The minimum atomic E-state index is 0.242. The summed E-state index contributed by atoms with van der Waals surface area (Å²) in [6.45, 7) is 0.474. The third-order valence-electron chi connectivity index (χ3n) is 3.58. The fraction of sp³-hybridized carbons (Fsp3) is 0.278. The van der Waals surface area contributed by atoms with Gasteiger partial charge in [0.05, 0.1) is 7.11 Å². The fourth-order valence-electron chi connectivity index (χ4n) is 2.31. The van der Waals surface area contributed by atoms with Crippen molar-refractivity contribution < 1.29 is 9.53 Å². The van der Waals surface area contributed by atoms with Crippen molar-refractivity contribution in [2.45, 2.75) is 25.8 Å². The lowest BCUT2D eigenvalue weighted by atomic mass is 9.99. The molecule has 0 saturated heterocycles. The van der Waals surface area contributed by atoms with E-state index in [9.17, 15) is 4.79 Å². The lowest BCUT2D eigenvalue weighted by Crippen LogP contribution is -2.08. The summed E-state index contributed by atoms with van der Waals surface area (Å²) >= 11 is 0. The highest BCUT2D eigenvalue weighted by atomic mass is 16.5. The Bertz CT molecular complexity index is 590. The molecule has 2 N–H and O–H groups in total. The molecule has 0 aliphatic carbocycles. The average Bonchev–Trinajstić information content (AvgIpc) is 2.54. The van der Waals surface area contributed by atoms with Crippen LogP contribution in [-0.2, 0) is 24.2 Å². The topological polar surface area (TPSA) is 52.3 Å². The number of benzene rings is 2. The van der Waals surface area contributed by atoms with Crippen molar-refractivity contribution in [2.75, 3.05) is 7.11 Å². The predicted octanol–water partition coefficient (Wildman–Crippen LogP) is 2.90. The SMILES string of the molecule is COc1ccc(CCC(=O)Cc2ccccc2CN)cc1. The van der Waals surface area contributed by atoms with Gasteiger partial charge >= 0.3 is 0 Å². The van der Waals surface area contributed by atoms with Gasteiger partial charge in [-0.3, -0.25) is 4.79 Å². The number of nitrogens with two attached hydrogens (primary N) is 1. The van der Waals surface area contributed by atoms with Crippen LogP contribution in [0.2, 0.25) is 0 Å². The molecular weight excluding hydrogens is 262 g/mol. The smallest absolute Gasteiger partial charge is 0.137 e. The Hall–Kier alpha value is -2.13. The van der Waals surface area contributed by atoms with Gasteiger partial charge in [0.25, 0.3) is 0 Å². The number of ether oxygens (including phenoxy) is 1. The number of carbonyl (C=O) groups is 1. The van der Waals surface area contributed by atoms with Gasteiger partial charge < -0.3 is 10.5 Å². The van der Waals surface area contributed by atoms with E-state index < -0.39 is 0 Å². The third-order valence-corrected chi connectivity index (χ3v) is 3.58. The Morgan fingerprint density at radius 2 is 1.71 bits per heavy atom. The molecule has 21 heavy (non-hydrogen) atoms. The van der Waals surface area contributed by atoms with E-state index in [-0.39, 0.29) is 5.78 Å². The van der Waals surface area contributed by atoms with Gasteiger partial charge in [0.1, 0.15) is 11.5 Å². The van der Waals surface area contributed by atoms with Gasteiger partial charge in [0.15, 0.2) is 0 Å². The van der Waals surface area contributed by atoms with Crippen LogP contribution in [0.4, 0.5) is 0 Å². The number of hydrogen-bond acceptors (Lipinski definition) is 3. The Kier molecular flexibility index (Phi) is 5.52. The van der Waals surface area contributed by atoms with E-state index in [4.69, 9.17) is 10.5 Å². The maximum Gasteiger partial charge on any atom is 0.137 e. The summed E-state index contributed by atoms with van der Waals surface area (Å²) in [5.74, 6) is 1.08. The molecule has 0 spiro atoms. The molecular formula is C18H21NO2. The largest absolute Gasteiger partial charge is 0.497 e. The number of rotatable bonds is 7. The van der Waals surface area contributed by atoms with Gasteiger partial charge in [-0.05, 0) is 35.2 Å². The van der Waals surface area contributed by atoms with Gasteiger partial charge in [-0.25, -0.2) is 0 Å². The van der Waals surface area contributed by atoms with E-state index in [0.29, 0.717) is 19.4 Å². The van der Waals surface area contributed by atoms with E-state index in [1.165, 1.54) is 0 Å². The Labute approximate surface area is 125 Å². The molecule has 2 aromatic carbocycles. The highest BCUT2D eigenvalue weighted by Crippen LogP contribution is 2.14. The van der Waals surface area contributed by atoms with E-state index in [1.807, 2.05) is 48.5 Å². The van der Waals surface area contributed by atoms with E-state index in [1.54, 1.807) is 7.11 Å². The molecule has 3 heteroatoms. The first-order chi connectivity index (χ1) is 10.2. The molecule has 0 atom stereocenters. The van der Waals surface area contributed by atoms with Crippen molar-refractivity contribution in [1.29, 1.82) is 0 Å². The summed E-state index contributed by atoms with van der Waals surface area (Å²) < 4.78 is 5.12. The van der Waals surface area contributed by atoms with Crippen LogP contribution in [0.25, 0.3) is 0 Å². The number of aryl methyl sites for hydroxylation is 1. The lowest BCUT2D eigenvalue weighted by Gasteiger charge is -2.07. The van der Waals surface area contributed by atoms with Crippen LogP contribution in [0.15, 0.2) is 48.5 Å². The maximum atomic E-state index is 12.1. The molecule has 0 radical (unpaired) electrons. The van der Waals surface area contributed by atoms with Crippen LogP contribution in [-0.4, -0.2) is 12.9 Å². The molecule has 0 aromatic heterocycles. The lowest BCUT2D eigenvalue weighted by molar-refractivity contribution is -0.118. The summed E-state index contributed by atoms with van der Waals surface area (Å²) in [5, 5.41) is 0. The first-order valence-corrected chi connectivity index (χ1v) is 7.14. The minimum absolute atomic E-state index is 0.242. The van der Waals surface area contributed by atoms with Crippen LogP contribution in [0.3, 0.4) is 0 Å². The van der Waals surface area contributed by atoms with Gasteiger partial charge in [-0.15, -0.1) is 0 Å². The number of ketones is 1. The standard InChI is InChI=1S/C18H21NO2/c1-21-18-10-7-14(8-11-18)6-9-17(20)12-15-4-2-3-5-16(15)13-19/h2-5,7-8,10-11H,6,9,12-13,19H2,1H3. The summed E-state index contributed by atoms with van der Waals surface area (Å²) in [5.41, 5.74) is 8.94. The molecule has 2 aromatic rings. The van der Waals surface area contributed by atoms with Crippen molar-refractivity contribution in [3.8, 4) is 5.75 Å². The minimum Gasteiger partial charge on any atom is -0.497 e. The second-order valence-corrected chi connectivity index (χ2v) is 5.04. The van der Waals surface area contributed by atoms with Crippen molar-refractivity contribution in [3.05, 3.63) is 65.2 Å².